The van der Waals surface area contributed by atoms with Crippen LogP contribution in [0.25, 0.3) is 0 Å². The molecule has 0 unspecified atom stereocenters. The Morgan fingerprint density at radius 2 is 2.40 bits per heavy atom. The summed E-state index contributed by atoms with van der Waals surface area (Å²) in [5, 5.41) is 6.56. The molecule has 1 rings (SSSR count). The van der Waals surface area contributed by atoms with E-state index in [0.717, 1.165) is 5.69 Å². The van der Waals surface area contributed by atoms with Gasteiger partial charge in [0.25, 0.3) is 0 Å². The maximum Gasteiger partial charge on any atom is 0.114 e. The molecule has 0 atom stereocenters. The quantitative estimate of drug-likeness (QED) is 0.494. The molecule has 0 aliphatic carbocycles. The van der Waals surface area contributed by atoms with Crippen LogP contribution in [0.4, 0.5) is 5.69 Å². The minimum absolute atomic E-state index is 0.246. The van der Waals surface area contributed by atoms with Crippen LogP contribution in [0.15, 0.2) is 0 Å². The van der Waals surface area contributed by atoms with Crippen molar-refractivity contribution in [1.82, 2.24) is 10.2 Å². The highest BCUT2D eigenvalue weighted by Gasteiger charge is 2.04. The average Bonchev–Trinajstić information content (AvgIpc) is 2.20. The standard InChI is InChI=1S/C5H10N4O/c1-3-5(6)4(2-10-7)9-8-3/h2,6-7H2,1H3,(H,8,9). The van der Waals surface area contributed by atoms with Gasteiger partial charge in [-0.15, -0.1) is 0 Å². The van der Waals surface area contributed by atoms with Gasteiger partial charge in [0.2, 0.25) is 0 Å². The molecule has 0 aliphatic rings. The van der Waals surface area contributed by atoms with Crippen molar-refractivity contribution in [2.24, 2.45) is 5.90 Å². The number of hydrogen-bond acceptors (Lipinski definition) is 4. The van der Waals surface area contributed by atoms with E-state index in [1.807, 2.05) is 6.92 Å². The first-order valence-electron chi connectivity index (χ1n) is 2.86. The second-order valence-electron chi connectivity index (χ2n) is 2.02. The topological polar surface area (TPSA) is 89.9 Å². The van der Waals surface area contributed by atoms with Crippen LogP contribution in [0.5, 0.6) is 0 Å². The Morgan fingerprint density at radius 3 is 2.80 bits per heavy atom. The molecule has 10 heavy (non-hydrogen) atoms. The summed E-state index contributed by atoms with van der Waals surface area (Å²) in [4.78, 5) is 4.36. The van der Waals surface area contributed by atoms with E-state index in [1.54, 1.807) is 0 Å². The molecule has 1 aromatic rings. The zero-order valence-corrected chi connectivity index (χ0v) is 5.72. The van der Waals surface area contributed by atoms with Crippen molar-refractivity contribution in [2.75, 3.05) is 5.73 Å². The molecule has 5 nitrogen and oxygen atoms in total. The molecular formula is C5H10N4O. The molecule has 0 aromatic carbocycles. The maximum absolute atomic E-state index is 5.56. The number of anilines is 1. The van der Waals surface area contributed by atoms with Gasteiger partial charge in [0, 0.05) is 0 Å². The Labute approximate surface area is 58.3 Å². The average molecular weight is 142 g/mol. The van der Waals surface area contributed by atoms with Gasteiger partial charge >= 0.3 is 0 Å². The van der Waals surface area contributed by atoms with E-state index >= 15 is 0 Å². The van der Waals surface area contributed by atoms with Crippen molar-refractivity contribution >= 4 is 5.69 Å². The van der Waals surface area contributed by atoms with Crippen LogP contribution in [0.3, 0.4) is 0 Å². The minimum Gasteiger partial charge on any atom is -0.396 e. The fourth-order valence-corrected chi connectivity index (χ4v) is 0.677. The van der Waals surface area contributed by atoms with Gasteiger partial charge in [0.15, 0.2) is 0 Å². The first-order valence-corrected chi connectivity index (χ1v) is 2.86. The molecule has 0 saturated heterocycles. The van der Waals surface area contributed by atoms with Crippen molar-refractivity contribution in [3.63, 3.8) is 0 Å². The van der Waals surface area contributed by atoms with Crippen LogP contribution >= 0.6 is 0 Å². The van der Waals surface area contributed by atoms with Crippen LogP contribution in [0, 0.1) is 6.92 Å². The van der Waals surface area contributed by atoms with E-state index in [2.05, 4.69) is 15.0 Å². The first kappa shape index (κ1) is 7.04. The number of nitrogens with one attached hydrogen (secondary N) is 1. The third kappa shape index (κ3) is 1.09. The molecule has 0 saturated carbocycles. The number of aryl methyl sites for hydroxylation is 1. The van der Waals surface area contributed by atoms with Gasteiger partial charge in [-0.25, -0.2) is 5.90 Å². The van der Waals surface area contributed by atoms with Crippen molar-refractivity contribution < 1.29 is 4.84 Å². The molecule has 5 N–H and O–H groups in total. The van der Waals surface area contributed by atoms with Gasteiger partial charge in [-0.05, 0) is 6.92 Å². The number of nitrogens with two attached hydrogens (primary N) is 2. The maximum atomic E-state index is 5.56. The normalized spacial score (nSPS) is 10.2. The Bertz CT molecular complexity index is 219. The van der Waals surface area contributed by atoms with Crippen molar-refractivity contribution in [3.05, 3.63) is 11.4 Å². The number of rotatable bonds is 2. The third-order valence-electron chi connectivity index (χ3n) is 1.29. The van der Waals surface area contributed by atoms with Gasteiger partial charge in [-0.1, -0.05) is 0 Å². The number of nitrogen functional groups attached to an aromatic ring is 1. The molecular weight excluding hydrogens is 132 g/mol. The predicted octanol–water partition coefficient (Wildman–Crippen LogP) is -0.309. The van der Waals surface area contributed by atoms with Gasteiger partial charge in [-0.2, -0.15) is 5.10 Å². The van der Waals surface area contributed by atoms with Crippen LogP contribution in [-0.4, -0.2) is 10.2 Å². The van der Waals surface area contributed by atoms with E-state index in [4.69, 9.17) is 11.6 Å². The van der Waals surface area contributed by atoms with Crippen molar-refractivity contribution in [2.45, 2.75) is 13.5 Å². The van der Waals surface area contributed by atoms with Gasteiger partial charge in [0.05, 0.1) is 11.4 Å². The van der Waals surface area contributed by atoms with E-state index in [1.165, 1.54) is 0 Å². The van der Waals surface area contributed by atoms with E-state index in [9.17, 15) is 0 Å². The monoisotopic (exact) mass is 142 g/mol. The van der Waals surface area contributed by atoms with Gasteiger partial charge < -0.3 is 5.73 Å². The zero-order chi connectivity index (χ0) is 7.56. The summed E-state index contributed by atoms with van der Waals surface area (Å²) in [6.45, 7) is 2.08. The Kier molecular flexibility index (Phi) is 1.88. The summed E-state index contributed by atoms with van der Waals surface area (Å²) in [6, 6.07) is 0. The fourth-order valence-electron chi connectivity index (χ4n) is 0.677. The lowest BCUT2D eigenvalue weighted by molar-refractivity contribution is 0.121. The summed E-state index contributed by atoms with van der Waals surface area (Å²) < 4.78 is 0. The molecule has 0 radical (unpaired) electrons. The van der Waals surface area contributed by atoms with Gasteiger partial charge in [-0.3, -0.25) is 9.94 Å². The Morgan fingerprint density at radius 1 is 1.70 bits per heavy atom. The third-order valence-corrected chi connectivity index (χ3v) is 1.29. The number of nitrogens with zero attached hydrogens (tertiary/aromatic N) is 1. The Hall–Kier alpha value is -1.07. The highest BCUT2D eigenvalue weighted by molar-refractivity contribution is 5.46. The number of aromatic nitrogens is 2. The second-order valence-corrected chi connectivity index (χ2v) is 2.02. The van der Waals surface area contributed by atoms with Crippen molar-refractivity contribution in [3.8, 4) is 0 Å². The molecule has 56 valence electrons. The fraction of sp³-hybridized carbons (Fsp3) is 0.400. The number of hydrogen-bond donors (Lipinski definition) is 3. The molecule has 1 aromatic heterocycles. The molecule has 0 spiro atoms. The highest BCUT2D eigenvalue weighted by atomic mass is 16.6. The number of aromatic amines is 1. The predicted molar refractivity (Wildman–Crippen MR) is 36.7 cm³/mol. The smallest absolute Gasteiger partial charge is 0.114 e. The largest absolute Gasteiger partial charge is 0.396 e. The molecule has 1 heterocycles. The Balaban J connectivity index is 2.83. The summed E-state index contributed by atoms with van der Waals surface area (Å²) in [6.07, 6.45) is 0. The highest BCUT2D eigenvalue weighted by Crippen LogP contribution is 2.11. The zero-order valence-electron chi connectivity index (χ0n) is 5.72. The summed E-state index contributed by atoms with van der Waals surface area (Å²) in [5.41, 5.74) is 7.67. The second kappa shape index (κ2) is 2.68. The number of H-pyrrole nitrogens is 1. The van der Waals surface area contributed by atoms with Crippen LogP contribution in [-0.2, 0) is 11.4 Å². The van der Waals surface area contributed by atoms with Gasteiger partial charge in [0.1, 0.15) is 12.3 Å². The molecule has 0 aliphatic heterocycles. The van der Waals surface area contributed by atoms with E-state index < -0.39 is 0 Å². The SMILES string of the molecule is Cc1[nH]nc(CON)c1N. The summed E-state index contributed by atoms with van der Waals surface area (Å²) in [5.74, 6) is 4.83. The minimum atomic E-state index is 0.246. The molecule has 0 fully saturated rings. The molecule has 0 amide bonds. The lowest BCUT2D eigenvalue weighted by atomic mass is 10.3. The van der Waals surface area contributed by atoms with Crippen LogP contribution < -0.4 is 11.6 Å². The van der Waals surface area contributed by atoms with Crippen LogP contribution in [0.2, 0.25) is 0 Å². The van der Waals surface area contributed by atoms with E-state index in [-0.39, 0.29) is 6.61 Å². The lowest BCUT2D eigenvalue weighted by Gasteiger charge is -1.93. The summed E-state index contributed by atoms with van der Waals surface area (Å²) in [7, 11) is 0. The van der Waals surface area contributed by atoms with Crippen LogP contribution in [0.1, 0.15) is 11.4 Å². The first-order chi connectivity index (χ1) is 4.75. The van der Waals surface area contributed by atoms with E-state index in [0.29, 0.717) is 11.4 Å². The molecule has 5 heteroatoms. The summed E-state index contributed by atoms with van der Waals surface area (Å²) >= 11 is 0. The van der Waals surface area contributed by atoms with Crippen molar-refractivity contribution in [1.29, 1.82) is 0 Å². The lowest BCUT2D eigenvalue weighted by Crippen LogP contribution is -2.01. The molecule has 0 bridgehead atoms.